The van der Waals surface area contributed by atoms with Crippen LogP contribution in [0.2, 0.25) is 0 Å². The molecule has 2 aromatic rings. The molecule has 12 nitrogen and oxygen atoms in total. The molecule has 4 amide bonds. The molecule has 0 fully saturated rings. The molecule has 0 aliphatic rings. The third-order valence-corrected chi connectivity index (χ3v) is 18.5. The largest absolute Gasteiger partial charge is 0.338 e. The Bertz CT molecular complexity index is 1880. The molecule has 0 unspecified atom stereocenters. The van der Waals surface area contributed by atoms with Gasteiger partial charge < -0.3 is 10.6 Å². The molecule has 2 heterocycles. The highest BCUT2D eigenvalue weighted by Crippen LogP contribution is 2.33. The van der Waals surface area contributed by atoms with Gasteiger partial charge in [-0.1, -0.05) is 291 Å². The number of H-pyrrole nitrogens is 2. The standard InChI is InChI=1S/2C38H72N4O2/c2*1-28(2)18-22-34(23-19-29(3)4)15-10-13-33(14-11-16-35(24-20-30(5)6)25-21-31(7)8)17-12-26-39-38(44)42-37-40-32(9)27-36(43)41-37/h2*27-31,33-35H,10-26H2,1-9H3,(H3,39,40,41,42,43,44). The van der Waals surface area contributed by atoms with Crippen LogP contribution in [0.3, 0.4) is 0 Å². The molecule has 0 radical (unpaired) electrons. The van der Waals surface area contributed by atoms with E-state index in [1.54, 1.807) is 13.8 Å². The van der Waals surface area contributed by atoms with Crippen LogP contribution >= 0.6 is 0 Å². The van der Waals surface area contributed by atoms with Crippen LogP contribution < -0.4 is 32.4 Å². The summed E-state index contributed by atoms with van der Waals surface area (Å²) in [6.07, 6.45) is 42.1. The molecular weight excluding hydrogens is 1090 g/mol. The number of carbonyl (C=O) groups is 2. The summed E-state index contributed by atoms with van der Waals surface area (Å²) < 4.78 is 0. The Hall–Kier alpha value is -3.70. The minimum Gasteiger partial charge on any atom is -0.338 e. The van der Waals surface area contributed by atoms with E-state index < -0.39 is 0 Å². The lowest BCUT2D eigenvalue weighted by Crippen LogP contribution is -2.31. The van der Waals surface area contributed by atoms with Gasteiger partial charge in [0.25, 0.3) is 11.1 Å². The van der Waals surface area contributed by atoms with Crippen molar-refractivity contribution in [2.75, 3.05) is 23.7 Å². The van der Waals surface area contributed by atoms with E-state index in [1.165, 1.54) is 192 Å². The topological polar surface area (TPSA) is 174 Å². The second-order valence-corrected chi connectivity index (χ2v) is 31.2. The fourth-order valence-electron chi connectivity index (χ4n) is 12.7. The number of anilines is 2. The van der Waals surface area contributed by atoms with Crippen LogP contribution in [-0.2, 0) is 0 Å². The molecular formula is C76H144N8O4. The molecule has 0 saturated heterocycles. The number of nitrogens with zero attached hydrogens (tertiary/aromatic N) is 2. The number of carbonyl (C=O) groups excluding carboxylic acids is 2. The van der Waals surface area contributed by atoms with Crippen molar-refractivity contribution in [3.63, 3.8) is 0 Å². The van der Waals surface area contributed by atoms with Crippen molar-refractivity contribution < 1.29 is 9.59 Å². The van der Waals surface area contributed by atoms with E-state index in [9.17, 15) is 19.2 Å². The number of aromatic amines is 2. The number of amides is 4. The Morgan fingerprint density at radius 2 is 0.511 bits per heavy atom. The van der Waals surface area contributed by atoms with Crippen LogP contribution in [0.4, 0.5) is 21.5 Å². The van der Waals surface area contributed by atoms with Crippen molar-refractivity contribution in [1.29, 1.82) is 0 Å². The fraction of sp³-hybridized carbons (Fsp3) is 0.868. The molecule has 0 aliphatic heterocycles. The number of aryl methyl sites for hydroxylation is 2. The SMILES string of the molecule is Cc1cc(=O)[nH]c(NC(=O)NCCCC(CCCC(CCC(C)C)CCC(C)C)CCCC(CCC(C)C)CCC(C)C)n1.Cc1cc(=O)[nH]c(NC(=O)NCCCC(CCCC(CCC(C)C)CCC(C)C)CCCC(CCC(C)C)CCC(C)C)n1. The quantitative estimate of drug-likeness (QED) is 0.0360. The first-order chi connectivity index (χ1) is 41.7. The Morgan fingerprint density at radius 1 is 0.318 bits per heavy atom. The highest BCUT2D eigenvalue weighted by atomic mass is 16.2. The zero-order chi connectivity index (χ0) is 65.8. The van der Waals surface area contributed by atoms with Gasteiger partial charge in [0, 0.05) is 36.6 Å². The van der Waals surface area contributed by atoms with Crippen molar-refractivity contribution >= 4 is 24.0 Å². The average Bonchev–Trinajstić information content (AvgIpc) is 3.59. The van der Waals surface area contributed by atoms with Gasteiger partial charge in [-0.3, -0.25) is 30.2 Å². The summed E-state index contributed by atoms with van der Waals surface area (Å²) in [5.74, 6) is 11.6. The third kappa shape index (κ3) is 48.1. The summed E-state index contributed by atoms with van der Waals surface area (Å²) in [6, 6.07) is 2.20. The average molecular weight is 1230 g/mol. The van der Waals surface area contributed by atoms with E-state index >= 15 is 0 Å². The summed E-state index contributed by atoms with van der Waals surface area (Å²) in [6.45, 7) is 42.5. The van der Waals surface area contributed by atoms with Crippen LogP contribution in [0.25, 0.3) is 0 Å². The number of rotatable bonds is 50. The maximum absolute atomic E-state index is 12.4. The summed E-state index contributed by atoms with van der Waals surface area (Å²) in [5, 5.41) is 11.3. The van der Waals surface area contributed by atoms with Crippen LogP contribution in [0.1, 0.15) is 328 Å². The minimum absolute atomic E-state index is 0.194. The predicted molar refractivity (Wildman–Crippen MR) is 381 cm³/mol. The smallest absolute Gasteiger partial charge is 0.321 e. The van der Waals surface area contributed by atoms with Gasteiger partial charge in [0.2, 0.25) is 11.9 Å². The van der Waals surface area contributed by atoms with Crippen LogP contribution in [0, 0.1) is 96.7 Å². The second-order valence-electron chi connectivity index (χ2n) is 31.2. The van der Waals surface area contributed by atoms with E-state index in [0.717, 1.165) is 109 Å². The first kappa shape index (κ1) is 82.3. The minimum atomic E-state index is -0.313. The highest BCUT2D eigenvalue weighted by Gasteiger charge is 2.20. The molecule has 512 valence electrons. The van der Waals surface area contributed by atoms with E-state index in [4.69, 9.17) is 0 Å². The van der Waals surface area contributed by atoms with Crippen molar-refractivity contribution in [2.24, 2.45) is 82.9 Å². The monoisotopic (exact) mass is 1230 g/mol. The van der Waals surface area contributed by atoms with Crippen molar-refractivity contribution in [1.82, 2.24) is 30.6 Å². The predicted octanol–water partition coefficient (Wildman–Crippen LogP) is 21.8. The summed E-state index contributed by atoms with van der Waals surface area (Å²) in [4.78, 5) is 61.7. The Labute approximate surface area is 542 Å². The number of hydrogen-bond donors (Lipinski definition) is 6. The second kappa shape index (κ2) is 49.9. The molecule has 0 atom stereocenters. The molecule has 0 aliphatic carbocycles. The van der Waals surface area contributed by atoms with E-state index in [1.807, 2.05) is 0 Å². The van der Waals surface area contributed by atoms with Gasteiger partial charge in [-0.05, 0) is 122 Å². The first-order valence-electron chi connectivity index (χ1n) is 36.9. The van der Waals surface area contributed by atoms with Crippen LogP contribution in [0.5, 0.6) is 0 Å². The van der Waals surface area contributed by atoms with Crippen molar-refractivity contribution in [2.45, 2.75) is 330 Å². The lowest BCUT2D eigenvalue weighted by Gasteiger charge is -2.23. The van der Waals surface area contributed by atoms with Gasteiger partial charge in [-0.2, -0.15) is 0 Å². The maximum Gasteiger partial charge on any atom is 0.321 e. The van der Waals surface area contributed by atoms with Gasteiger partial charge in [0.05, 0.1) is 0 Å². The van der Waals surface area contributed by atoms with Gasteiger partial charge >= 0.3 is 12.1 Å². The molecule has 88 heavy (non-hydrogen) atoms. The third-order valence-electron chi connectivity index (χ3n) is 18.5. The lowest BCUT2D eigenvalue weighted by atomic mass is 9.83. The fourth-order valence-corrected chi connectivity index (χ4v) is 12.7. The van der Waals surface area contributed by atoms with E-state index in [-0.39, 0.29) is 35.1 Å². The van der Waals surface area contributed by atoms with Gasteiger partial charge in [-0.25, -0.2) is 19.6 Å². The zero-order valence-electron chi connectivity index (χ0n) is 60.8. The molecule has 0 aromatic carbocycles. The first-order valence-corrected chi connectivity index (χ1v) is 36.9. The molecule has 0 saturated carbocycles. The number of aromatic nitrogens is 4. The number of nitrogens with one attached hydrogen (secondary N) is 6. The Balaban J connectivity index is 0.000000880. The zero-order valence-corrected chi connectivity index (χ0v) is 60.8. The molecule has 2 rings (SSSR count). The lowest BCUT2D eigenvalue weighted by molar-refractivity contribution is 0.250. The molecule has 12 heteroatoms. The van der Waals surface area contributed by atoms with Gasteiger partial charge in [0.1, 0.15) is 0 Å². The van der Waals surface area contributed by atoms with E-state index in [2.05, 4.69) is 152 Å². The number of hydrogen-bond acceptors (Lipinski definition) is 6. The number of urea groups is 2. The Kier molecular flexibility index (Phi) is 46.7. The molecule has 0 bridgehead atoms. The molecule has 6 N–H and O–H groups in total. The maximum atomic E-state index is 12.4. The molecule has 2 aromatic heterocycles. The van der Waals surface area contributed by atoms with Crippen LogP contribution in [0.15, 0.2) is 21.7 Å². The van der Waals surface area contributed by atoms with Crippen LogP contribution in [-0.4, -0.2) is 45.1 Å². The summed E-state index contributed by atoms with van der Waals surface area (Å²) in [7, 11) is 0. The van der Waals surface area contributed by atoms with Gasteiger partial charge in [0.15, 0.2) is 0 Å². The summed E-state index contributed by atoms with van der Waals surface area (Å²) >= 11 is 0. The van der Waals surface area contributed by atoms with Gasteiger partial charge in [-0.15, -0.1) is 0 Å². The molecule has 0 spiro atoms. The normalized spacial score (nSPS) is 12.2. The highest BCUT2D eigenvalue weighted by molar-refractivity contribution is 5.87. The Morgan fingerprint density at radius 3 is 0.705 bits per heavy atom. The van der Waals surface area contributed by atoms with E-state index in [0.29, 0.717) is 24.5 Å². The van der Waals surface area contributed by atoms with Crippen molar-refractivity contribution in [3.8, 4) is 0 Å². The summed E-state index contributed by atoms with van der Waals surface area (Å²) in [5.41, 5.74) is 0.639. The van der Waals surface area contributed by atoms with Crippen molar-refractivity contribution in [3.05, 3.63) is 44.2 Å².